The van der Waals surface area contributed by atoms with Gasteiger partial charge >= 0.3 is 39.5 Å². The average molecular weight is 1380 g/mol. The van der Waals surface area contributed by atoms with E-state index in [4.69, 9.17) is 37.0 Å². The molecule has 0 aromatic heterocycles. The van der Waals surface area contributed by atoms with Gasteiger partial charge in [-0.2, -0.15) is 0 Å². The summed E-state index contributed by atoms with van der Waals surface area (Å²) in [4.78, 5) is 72.7. The summed E-state index contributed by atoms with van der Waals surface area (Å²) in [5.74, 6) is 0.144. The van der Waals surface area contributed by atoms with Crippen LogP contribution in [0, 0.1) is 17.8 Å². The van der Waals surface area contributed by atoms with Crippen LogP contribution in [-0.4, -0.2) is 96.7 Å². The Morgan fingerprint density at radius 2 is 0.628 bits per heavy atom. The molecule has 0 aliphatic carbocycles. The molecule has 94 heavy (non-hydrogen) atoms. The lowest BCUT2D eigenvalue weighted by Crippen LogP contribution is -2.30. The second-order valence-electron chi connectivity index (χ2n) is 27.3. The molecule has 3 N–H and O–H groups in total. The van der Waals surface area contributed by atoms with E-state index < -0.39 is 97.5 Å². The predicted molar refractivity (Wildman–Crippen MR) is 381 cm³/mol. The predicted octanol–water partition coefficient (Wildman–Crippen LogP) is 21.3. The lowest BCUT2D eigenvalue weighted by molar-refractivity contribution is -0.161. The number of hydrogen-bond donors (Lipinski definition) is 3. The molecule has 0 heterocycles. The number of carbonyl (C=O) groups is 4. The second kappa shape index (κ2) is 65.2. The molecule has 4 unspecified atom stereocenters. The van der Waals surface area contributed by atoms with E-state index in [9.17, 15) is 43.2 Å². The molecule has 554 valence electrons. The number of esters is 4. The number of carbonyl (C=O) groups excluding carboxylic acids is 4. The van der Waals surface area contributed by atoms with Gasteiger partial charge in [0.1, 0.15) is 19.3 Å². The van der Waals surface area contributed by atoms with Crippen LogP contribution in [0.15, 0.2) is 24.3 Å². The quantitative estimate of drug-likeness (QED) is 0.0169. The Hall–Kier alpha value is -2.46. The summed E-state index contributed by atoms with van der Waals surface area (Å²) in [6, 6.07) is 0. The smallest absolute Gasteiger partial charge is 0.462 e. The van der Waals surface area contributed by atoms with E-state index in [0.29, 0.717) is 25.7 Å². The van der Waals surface area contributed by atoms with Gasteiger partial charge in [-0.25, -0.2) is 9.13 Å². The minimum atomic E-state index is -4.96. The monoisotopic (exact) mass is 1380 g/mol. The minimum Gasteiger partial charge on any atom is -0.462 e. The Balaban J connectivity index is 5.27. The maximum Gasteiger partial charge on any atom is 0.472 e. The number of aliphatic hydroxyl groups is 1. The first-order valence-electron chi connectivity index (χ1n) is 38.2. The van der Waals surface area contributed by atoms with Crippen LogP contribution in [-0.2, 0) is 65.4 Å². The molecule has 0 aromatic rings. The molecule has 0 saturated heterocycles. The standard InChI is InChI=1S/C75H142O17P2/c1-8-11-12-13-14-15-16-17-18-22-25-28-35-44-51-59-75(80)92-71(63-86-73(78)57-50-43-38-37-41-48-55-68(7)10-3)65-90-94(83,84)88-61-69(76)60-87-93(81,82)89-64-70(62-85-72(77)56-49-42-34-31-30-32-39-46-53-66(4)5)91-74(79)58-52-45-36-29-26-23-20-19-21-24-27-33-40-47-54-67(6)9-2/h15-18,66-71,76H,8-14,19-65H2,1-7H3,(H,81,82)(H,83,84)/b16-15-,18-17-/t67?,68?,69-,70-,71-/m1/s1. The van der Waals surface area contributed by atoms with Crippen molar-refractivity contribution in [2.75, 3.05) is 39.6 Å². The van der Waals surface area contributed by atoms with E-state index in [1.54, 1.807) is 0 Å². The maximum atomic E-state index is 13.1. The maximum absolute atomic E-state index is 13.1. The molecule has 0 amide bonds. The molecule has 0 aliphatic rings. The number of allylic oxidation sites excluding steroid dienone is 4. The van der Waals surface area contributed by atoms with E-state index in [1.165, 1.54) is 148 Å². The van der Waals surface area contributed by atoms with Gasteiger partial charge in [0, 0.05) is 25.7 Å². The molecule has 17 nitrogen and oxygen atoms in total. The summed E-state index contributed by atoms with van der Waals surface area (Å²) in [5, 5.41) is 10.6. The first-order valence-corrected chi connectivity index (χ1v) is 41.2. The first-order chi connectivity index (χ1) is 45.3. The molecule has 0 aliphatic heterocycles. The van der Waals surface area contributed by atoms with Gasteiger partial charge in [-0.1, -0.05) is 304 Å². The molecule has 0 radical (unpaired) electrons. The normalized spacial score (nSPS) is 14.8. The van der Waals surface area contributed by atoms with Crippen molar-refractivity contribution in [2.24, 2.45) is 17.8 Å². The highest BCUT2D eigenvalue weighted by atomic mass is 31.2. The van der Waals surface area contributed by atoms with Gasteiger partial charge in [0.2, 0.25) is 0 Å². The van der Waals surface area contributed by atoms with E-state index in [1.807, 2.05) is 0 Å². The van der Waals surface area contributed by atoms with E-state index in [0.717, 1.165) is 127 Å². The van der Waals surface area contributed by atoms with Crippen molar-refractivity contribution in [1.29, 1.82) is 0 Å². The molecule has 19 heteroatoms. The third-order valence-electron chi connectivity index (χ3n) is 17.5. The topological polar surface area (TPSA) is 237 Å². The van der Waals surface area contributed by atoms with Gasteiger partial charge < -0.3 is 33.8 Å². The van der Waals surface area contributed by atoms with E-state index in [-0.39, 0.29) is 25.7 Å². The van der Waals surface area contributed by atoms with Gasteiger partial charge in [-0.15, -0.1) is 0 Å². The molecular formula is C75H142O17P2. The van der Waals surface area contributed by atoms with Crippen LogP contribution in [0.3, 0.4) is 0 Å². The number of unbranched alkanes of at least 4 members (excludes halogenated alkanes) is 34. The van der Waals surface area contributed by atoms with Gasteiger partial charge in [0.15, 0.2) is 12.2 Å². The number of phosphoric ester groups is 2. The summed E-state index contributed by atoms with van der Waals surface area (Å²) in [6.45, 7) is 11.8. The zero-order chi connectivity index (χ0) is 69.4. The van der Waals surface area contributed by atoms with Gasteiger partial charge in [-0.3, -0.25) is 37.3 Å². The Labute approximate surface area is 573 Å². The Bertz CT molecular complexity index is 1930. The van der Waals surface area contributed by atoms with Gasteiger partial charge in [0.05, 0.1) is 26.4 Å². The van der Waals surface area contributed by atoms with Crippen LogP contribution in [0.4, 0.5) is 0 Å². The van der Waals surface area contributed by atoms with Crippen LogP contribution in [0.5, 0.6) is 0 Å². The fourth-order valence-electron chi connectivity index (χ4n) is 10.8. The highest BCUT2D eigenvalue weighted by Crippen LogP contribution is 2.45. The number of rotatable bonds is 71. The van der Waals surface area contributed by atoms with Crippen LogP contribution in [0.1, 0.15) is 357 Å². The number of phosphoric acid groups is 2. The summed E-state index contributed by atoms with van der Waals surface area (Å²) >= 11 is 0. The number of ether oxygens (including phenoxy) is 4. The Morgan fingerprint density at radius 1 is 0.351 bits per heavy atom. The molecule has 7 atom stereocenters. The number of aliphatic hydroxyl groups excluding tert-OH is 1. The zero-order valence-corrected chi connectivity index (χ0v) is 62.7. The van der Waals surface area contributed by atoms with Gasteiger partial charge in [0.25, 0.3) is 0 Å². The largest absolute Gasteiger partial charge is 0.472 e. The molecule has 0 saturated carbocycles. The van der Waals surface area contributed by atoms with Crippen molar-refractivity contribution in [3.05, 3.63) is 24.3 Å². The molecule has 0 aromatic carbocycles. The fraction of sp³-hybridized carbons (Fsp3) is 0.893. The first kappa shape index (κ1) is 91.5. The van der Waals surface area contributed by atoms with Gasteiger partial charge in [-0.05, 0) is 69.1 Å². The summed E-state index contributed by atoms with van der Waals surface area (Å²) in [5.41, 5.74) is 0. The highest BCUT2D eigenvalue weighted by Gasteiger charge is 2.30. The third-order valence-corrected chi connectivity index (χ3v) is 19.4. The average Bonchev–Trinajstić information content (AvgIpc) is 1.68. The van der Waals surface area contributed by atoms with Crippen molar-refractivity contribution in [3.63, 3.8) is 0 Å². The van der Waals surface area contributed by atoms with Crippen molar-refractivity contribution in [3.8, 4) is 0 Å². The van der Waals surface area contributed by atoms with Crippen molar-refractivity contribution >= 4 is 39.5 Å². The summed E-state index contributed by atoms with van der Waals surface area (Å²) in [6.07, 6.45) is 53.5. The Kier molecular flexibility index (Phi) is 63.5. The summed E-state index contributed by atoms with van der Waals surface area (Å²) in [7, 11) is -9.92. The van der Waals surface area contributed by atoms with Crippen LogP contribution in [0.2, 0.25) is 0 Å². The lowest BCUT2D eigenvalue weighted by Gasteiger charge is -2.21. The fourth-order valence-corrected chi connectivity index (χ4v) is 12.4. The van der Waals surface area contributed by atoms with E-state index >= 15 is 0 Å². The minimum absolute atomic E-state index is 0.0838. The third kappa shape index (κ3) is 65.5. The SMILES string of the molecule is CCCCCC/C=C\C=C/CCCCCCCC(=O)O[C@H](COC(=O)CCCCCCCCC(C)CC)COP(=O)(O)OC[C@H](O)COP(=O)(O)OC[C@@H](COC(=O)CCCCCCCCCCC(C)C)OC(=O)CCCCCCCCCCCCCCCCC(C)CC. The number of hydrogen-bond acceptors (Lipinski definition) is 15. The van der Waals surface area contributed by atoms with Crippen LogP contribution >= 0.6 is 15.6 Å². The summed E-state index contributed by atoms with van der Waals surface area (Å²) < 4.78 is 68.4. The molecule has 0 spiro atoms. The van der Waals surface area contributed by atoms with Crippen LogP contribution in [0.25, 0.3) is 0 Å². The molecule has 0 rings (SSSR count). The van der Waals surface area contributed by atoms with Crippen molar-refractivity contribution in [2.45, 2.75) is 375 Å². The Morgan fingerprint density at radius 3 is 0.947 bits per heavy atom. The molecular weight excluding hydrogens is 1230 g/mol. The van der Waals surface area contributed by atoms with E-state index in [2.05, 4.69) is 72.8 Å². The zero-order valence-electron chi connectivity index (χ0n) is 60.9. The van der Waals surface area contributed by atoms with Crippen molar-refractivity contribution in [1.82, 2.24) is 0 Å². The molecule has 0 fully saturated rings. The second-order valence-corrected chi connectivity index (χ2v) is 30.2. The van der Waals surface area contributed by atoms with Crippen molar-refractivity contribution < 1.29 is 80.2 Å². The lowest BCUT2D eigenvalue weighted by atomic mass is 9.99. The molecule has 0 bridgehead atoms. The highest BCUT2D eigenvalue weighted by molar-refractivity contribution is 7.47. The van der Waals surface area contributed by atoms with Crippen LogP contribution < -0.4 is 0 Å².